The maximum atomic E-state index is 13.4. The largest absolute Gasteiger partial charge is 0.493 e. The van der Waals surface area contributed by atoms with Crippen LogP contribution in [-0.2, 0) is 16.4 Å². The number of anilines is 2. The Labute approximate surface area is 210 Å². The lowest BCUT2D eigenvalue weighted by atomic mass is 9.94. The number of nitrogens with two attached hydrogens (primary N) is 1. The van der Waals surface area contributed by atoms with Gasteiger partial charge in [0.05, 0.1) is 30.3 Å². The summed E-state index contributed by atoms with van der Waals surface area (Å²) >= 11 is 0. The normalized spacial score (nSPS) is 11.2. The van der Waals surface area contributed by atoms with E-state index in [-0.39, 0.29) is 4.90 Å². The summed E-state index contributed by atoms with van der Waals surface area (Å²) in [5.41, 5.74) is 11.1. The Bertz CT molecular complexity index is 1570. The molecule has 36 heavy (non-hydrogen) atoms. The topological polar surface area (TPSA) is 104 Å². The Morgan fingerprint density at radius 2 is 1.67 bits per heavy atom. The highest BCUT2D eigenvalue weighted by atomic mass is 32.2. The second-order valence-corrected chi connectivity index (χ2v) is 9.71. The van der Waals surface area contributed by atoms with Gasteiger partial charge in [0.15, 0.2) is 11.5 Å². The van der Waals surface area contributed by atoms with Gasteiger partial charge in [0.1, 0.15) is 0 Å². The van der Waals surface area contributed by atoms with Crippen LogP contribution in [0.4, 0.5) is 11.4 Å². The number of para-hydroxylation sites is 1. The fourth-order valence-corrected chi connectivity index (χ4v) is 5.25. The number of pyridine rings is 1. The molecule has 0 atom stereocenters. The quantitative estimate of drug-likeness (QED) is 0.293. The predicted octanol–water partition coefficient (Wildman–Crippen LogP) is 5.51. The van der Waals surface area contributed by atoms with E-state index in [1.165, 1.54) is 26.4 Å². The molecule has 4 rings (SSSR count). The highest BCUT2D eigenvalue weighted by Gasteiger charge is 2.21. The molecule has 0 saturated carbocycles. The van der Waals surface area contributed by atoms with Gasteiger partial charge in [-0.15, -0.1) is 0 Å². The molecule has 0 aliphatic rings. The number of nitrogens with zero attached hydrogens (tertiary/aromatic N) is 1. The number of aromatic nitrogens is 1. The van der Waals surface area contributed by atoms with Gasteiger partial charge in [0, 0.05) is 40.9 Å². The van der Waals surface area contributed by atoms with E-state index in [0.29, 0.717) is 40.4 Å². The van der Waals surface area contributed by atoms with Crippen molar-refractivity contribution < 1.29 is 17.9 Å². The molecule has 0 spiro atoms. The molecule has 3 aromatic carbocycles. The Balaban J connectivity index is 1.81. The molecular formula is C28H27N3O4S. The van der Waals surface area contributed by atoms with E-state index < -0.39 is 10.0 Å². The van der Waals surface area contributed by atoms with E-state index in [9.17, 15) is 8.42 Å². The molecule has 184 valence electrons. The van der Waals surface area contributed by atoms with E-state index in [0.717, 1.165) is 22.0 Å². The van der Waals surface area contributed by atoms with Gasteiger partial charge in [-0.1, -0.05) is 49.6 Å². The third-order valence-electron chi connectivity index (χ3n) is 5.95. The lowest BCUT2D eigenvalue weighted by molar-refractivity contribution is 0.354. The van der Waals surface area contributed by atoms with Crippen molar-refractivity contribution in [3.8, 4) is 11.5 Å². The predicted molar refractivity (Wildman–Crippen MR) is 146 cm³/mol. The highest BCUT2D eigenvalue weighted by Crippen LogP contribution is 2.36. The van der Waals surface area contributed by atoms with Gasteiger partial charge in [-0.2, -0.15) is 0 Å². The third kappa shape index (κ3) is 4.63. The minimum absolute atomic E-state index is 0.0203. The van der Waals surface area contributed by atoms with Crippen LogP contribution < -0.4 is 19.9 Å². The molecule has 0 unspecified atom stereocenters. The molecule has 3 N–H and O–H groups in total. The number of benzene rings is 3. The number of fused-ring (bicyclic) bond motifs is 1. The summed E-state index contributed by atoms with van der Waals surface area (Å²) in [6, 6.07) is 15.9. The lowest BCUT2D eigenvalue weighted by Gasteiger charge is -2.19. The summed E-state index contributed by atoms with van der Waals surface area (Å²) in [6.45, 7) is 7.75. The molecule has 0 bridgehead atoms. The van der Waals surface area contributed by atoms with Crippen molar-refractivity contribution in [1.29, 1.82) is 0 Å². The Hall–Kier alpha value is -4.30. The Morgan fingerprint density at radius 3 is 2.36 bits per heavy atom. The zero-order valence-electron chi connectivity index (χ0n) is 20.1. The fourth-order valence-electron chi connectivity index (χ4n) is 4.17. The average Bonchev–Trinajstić information content (AvgIpc) is 2.89. The van der Waals surface area contributed by atoms with Gasteiger partial charge < -0.3 is 15.2 Å². The Kier molecular flexibility index (Phi) is 6.98. The fraction of sp³-hybridized carbons (Fsp3) is 0.107. The van der Waals surface area contributed by atoms with E-state index in [1.54, 1.807) is 30.5 Å². The standard InChI is InChI=1S/C28H27N3O4S/c1-5-22-23(6-2)27(29)20(15-19-10-7-9-18-11-8-14-30-28(18)19)16-24(22)31-36(32,33)21-12-13-25(34-3)26(17-21)35-4/h5-14,16-17,31H,1-2,15,29H2,3-4H3. The third-order valence-corrected chi connectivity index (χ3v) is 7.31. The smallest absolute Gasteiger partial charge is 0.262 e. The van der Waals surface area contributed by atoms with Crippen LogP contribution in [0.25, 0.3) is 23.1 Å². The molecule has 1 heterocycles. The molecule has 0 aliphatic heterocycles. The van der Waals surface area contributed by atoms with Crippen LogP contribution >= 0.6 is 0 Å². The zero-order valence-corrected chi connectivity index (χ0v) is 20.9. The van der Waals surface area contributed by atoms with Crippen LogP contribution in [0.2, 0.25) is 0 Å². The van der Waals surface area contributed by atoms with Gasteiger partial charge in [-0.3, -0.25) is 9.71 Å². The first-order valence-corrected chi connectivity index (χ1v) is 12.6. The van der Waals surface area contributed by atoms with Crippen molar-refractivity contribution >= 4 is 44.5 Å². The number of hydrogen-bond donors (Lipinski definition) is 2. The number of rotatable bonds is 9. The number of nitrogens with one attached hydrogen (secondary N) is 1. The second-order valence-electron chi connectivity index (χ2n) is 8.02. The second kappa shape index (κ2) is 10.1. The van der Waals surface area contributed by atoms with E-state index in [4.69, 9.17) is 15.2 Å². The van der Waals surface area contributed by atoms with Crippen LogP contribution in [0, 0.1) is 0 Å². The molecule has 0 aliphatic carbocycles. The molecule has 8 heteroatoms. The molecule has 0 radical (unpaired) electrons. The van der Waals surface area contributed by atoms with E-state index in [1.807, 2.05) is 30.3 Å². The first kappa shape index (κ1) is 24.8. The summed E-state index contributed by atoms with van der Waals surface area (Å²) in [7, 11) is -1.05. The van der Waals surface area contributed by atoms with Gasteiger partial charge in [0.2, 0.25) is 0 Å². The van der Waals surface area contributed by atoms with Crippen LogP contribution in [0.3, 0.4) is 0 Å². The van der Waals surface area contributed by atoms with Gasteiger partial charge >= 0.3 is 0 Å². The molecule has 7 nitrogen and oxygen atoms in total. The number of hydrogen-bond acceptors (Lipinski definition) is 6. The van der Waals surface area contributed by atoms with Crippen molar-refractivity contribution in [2.45, 2.75) is 11.3 Å². The van der Waals surface area contributed by atoms with Crippen molar-refractivity contribution in [2.24, 2.45) is 0 Å². The van der Waals surface area contributed by atoms with Crippen LogP contribution in [0.15, 0.2) is 78.8 Å². The summed E-state index contributed by atoms with van der Waals surface area (Å²) in [5, 5.41) is 1.01. The molecule has 0 fully saturated rings. The van der Waals surface area contributed by atoms with Crippen molar-refractivity contribution in [1.82, 2.24) is 4.98 Å². The lowest BCUT2D eigenvalue weighted by Crippen LogP contribution is -2.15. The van der Waals surface area contributed by atoms with Gasteiger partial charge in [0.25, 0.3) is 10.0 Å². The number of methoxy groups -OCH3 is 2. The number of sulfonamides is 1. The summed E-state index contributed by atoms with van der Waals surface area (Å²) in [6.07, 6.45) is 5.35. The number of ether oxygens (including phenoxy) is 2. The van der Waals surface area contributed by atoms with E-state index in [2.05, 4.69) is 22.9 Å². The van der Waals surface area contributed by atoms with Crippen LogP contribution in [0.1, 0.15) is 22.3 Å². The van der Waals surface area contributed by atoms with Gasteiger partial charge in [-0.25, -0.2) is 8.42 Å². The van der Waals surface area contributed by atoms with Gasteiger partial charge in [-0.05, 0) is 35.4 Å². The Morgan fingerprint density at radius 1 is 0.944 bits per heavy atom. The first-order chi connectivity index (χ1) is 17.3. The van der Waals surface area contributed by atoms with Crippen molar-refractivity contribution in [2.75, 3.05) is 24.7 Å². The molecule has 4 aromatic rings. The molecule has 0 saturated heterocycles. The summed E-state index contributed by atoms with van der Waals surface area (Å²) in [5.74, 6) is 0.730. The monoisotopic (exact) mass is 501 g/mol. The van der Waals surface area contributed by atoms with Crippen molar-refractivity contribution in [3.05, 3.63) is 96.2 Å². The minimum Gasteiger partial charge on any atom is -0.493 e. The SMILES string of the molecule is C=Cc1c(NS(=O)(=O)c2ccc(OC)c(OC)c2)cc(Cc2cccc3cccnc23)c(N)c1C=C. The molecular weight excluding hydrogens is 474 g/mol. The summed E-state index contributed by atoms with van der Waals surface area (Å²) < 4.78 is 39.9. The van der Waals surface area contributed by atoms with Crippen LogP contribution in [-0.4, -0.2) is 27.6 Å². The number of nitrogen functional groups attached to an aromatic ring is 1. The molecule has 0 amide bonds. The maximum absolute atomic E-state index is 13.4. The minimum atomic E-state index is -3.99. The molecule has 1 aromatic heterocycles. The highest BCUT2D eigenvalue weighted by molar-refractivity contribution is 7.92. The average molecular weight is 502 g/mol. The van der Waals surface area contributed by atoms with Crippen LogP contribution in [0.5, 0.6) is 11.5 Å². The van der Waals surface area contributed by atoms with Crippen molar-refractivity contribution in [3.63, 3.8) is 0 Å². The summed E-state index contributed by atoms with van der Waals surface area (Å²) in [4.78, 5) is 4.54. The maximum Gasteiger partial charge on any atom is 0.262 e. The first-order valence-electron chi connectivity index (χ1n) is 11.1. The zero-order chi connectivity index (χ0) is 25.9. The van der Waals surface area contributed by atoms with E-state index >= 15 is 0 Å².